The summed E-state index contributed by atoms with van der Waals surface area (Å²) in [6.07, 6.45) is 4.06. The van der Waals surface area contributed by atoms with Crippen LogP contribution in [-0.2, 0) is 4.79 Å². The zero-order chi connectivity index (χ0) is 9.47. The van der Waals surface area contributed by atoms with E-state index in [1.165, 1.54) is 6.42 Å². The van der Waals surface area contributed by atoms with Gasteiger partial charge in [-0.3, -0.25) is 4.79 Å². The van der Waals surface area contributed by atoms with Crippen LogP contribution in [0.4, 0.5) is 0 Å². The molecule has 1 amide bonds. The summed E-state index contributed by atoms with van der Waals surface area (Å²) < 4.78 is 0. The van der Waals surface area contributed by atoms with Crippen molar-refractivity contribution in [1.29, 1.82) is 0 Å². The molecule has 1 saturated carbocycles. The van der Waals surface area contributed by atoms with Crippen molar-refractivity contribution in [2.75, 3.05) is 13.1 Å². The second-order valence-electron chi connectivity index (χ2n) is 4.40. The van der Waals surface area contributed by atoms with E-state index >= 15 is 0 Å². The highest BCUT2D eigenvalue weighted by Gasteiger charge is 2.44. The van der Waals surface area contributed by atoms with Crippen molar-refractivity contribution in [3.8, 4) is 0 Å². The largest absolute Gasteiger partial charge is 0.386 e. The van der Waals surface area contributed by atoms with Crippen LogP contribution in [0.2, 0.25) is 0 Å². The Morgan fingerprint density at radius 2 is 2.15 bits per heavy atom. The van der Waals surface area contributed by atoms with Crippen LogP contribution in [0, 0.1) is 5.92 Å². The van der Waals surface area contributed by atoms with Crippen molar-refractivity contribution in [1.82, 2.24) is 4.90 Å². The van der Waals surface area contributed by atoms with Crippen LogP contribution in [-0.4, -0.2) is 34.6 Å². The summed E-state index contributed by atoms with van der Waals surface area (Å²) in [5, 5.41) is 9.72. The summed E-state index contributed by atoms with van der Waals surface area (Å²) in [5.74, 6) is 0.547. The Labute approximate surface area is 78.7 Å². The monoisotopic (exact) mass is 183 g/mol. The van der Waals surface area contributed by atoms with Crippen LogP contribution in [0.25, 0.3) is 0 Å². The SMILES string of the molecule is CCC1(O)CN(C(=O)C2CCC2)C1. The molecular formula is C10H17NO2. The molecule has 13 heavy (non-hydrogen) atoms. The number of carbonyl (C=O) groups excluding carboxylic acids is 1. The molecule has 1 heterocycles. The molecule has 0 unspecified atom stereocenters. The molecule has 3 nitrogen and oxygen atoms in total. The molecule has 1 aliphatic heterocycles. The average molecular weight is 183 g/mol. The van der Waals surface area contributed by atoms with Crippen molar-refractivity contribution < 1.29 is 9.90 Å². The molecule has 1 saturated heterocycles. The van der Waals surface area contributed by atoms with Gasteiger partial charge in [0, 0.05) is 5.92 Å². The fraction of sp³-hybridized carbons (Fsp3) is 0.900. The maximum absolute atomic E-state index is 11.6. The normalized spacial score (nSPS) is 26.5. The summed E-state index contributed by atoms with van der Waals surface area (Å²) >= 11 is 0. The Hall–Kier alpha value is -0.570. The summed E-state index contributed by atoms with van der Waals surface area (Å²) in [6.45, 7) is 3.07. The van der Waals surface area contributed by atoms with Gasteiger partial charge in [-0.25, -0.2) is 0 Å². The van der Waals surface area contributed by atoms with E-state index in [1.54, 1.807) is 4.90 Å². The van der Waals surface area contributed by atoms with Crippen molar-refractivity contribution in [3.05, 3.63) is 0 Å². The van der Waals surface area contributed by atoms with Gasteiger partial charge in [-0.05, 0) is 19.3 Å². The number of rotatable bonds is 2. The Balaban J connectivity index is 1.82. The van der Waals surface area contributed by atoms with Gasteiger partial charge in [0.2, 0.25) is 5.91 Å². The Bertz CT molecular complexity index is 217. The lowest BCUT2D eigenvalue weighted by Gasteiger charge is -2.48. The van der Waals surface area contributed by atoms with Gasteiger partial charge in [0.1, 0.15) is 0 Å². The smallest absolute Gasteiger partial charge is 0.225 e. The Morgan fingerprint density at radius 1 is 1.54 bits per heavy atom. The third kappa shape index (κ3) is 1.46. The molecule has 74 valence electrons. The van der Waals surface area contributed by atoms with Crippen molar-refractivity contribution >= 4 is 5.91 Å². The minimum Gasteiger partial charge on any atom is -0.386 e. The highest BCUT2D eigenvalue weighted by atomic mass is 16.3. The second kappa shape index (κ2) is 2.98. The molecule has 1 aliphatic carbocycles. The molecule has 0 spiro atoms. The van der Waals surface area contributed by atoms with E-state index in [2.05, 4.69) is 0 Å². The zero-order valence-corrected chi connectivity index (χ0v) is 8.12. The van der Waals surface area contributed by atoms with Crippen LogP contribution in [0.5, 0.6) is 0 Å². The predicted molar refractivity (Wildman–Crippen MR) is 49.2 cm³/mol. The highest BCUT2D eigenvalue weighted by molar-refractivity contribution is 5.80. The second-order valence-corrected chi connectivity index (χ2v) is 4.40. The third-order valence-electron chi connectivity index (χ3n) is 3.39. The molecule has 0 aromatic rings. The maximum atomic E-state index is 11.6. The van der Waals surface area contributed by atoms with Crippen molar-refractivity contribution in [2.24, 2.45) is 5.92 Å². The molecule has 0 bridgehead atoms. The van der Waals surface area contributed by atoms with Gasteiger partial charge in [-0.2, -0.15) is 0 Å². The molecule has 2 rings (SSSR count). The number of β-amino-alcohol motifs (C(OH)–C–C–N with tert-alkyl or cyclic N) is 1. The molecule has 0 aromatic carbocycles. The highest BCUT2D eigenvalue weighted by Crippen LogP contribution is 2.32. The van der Waals surface area contributed by atoms with Crippen LogP contribution >= 0.6 is 0 Å². The maximum Gasteiger partial charge on any atom is 0.225 e. The average Bonchev–Trinajstić information content (AvgIpc) is 1.95. The van der Waals surface area contributed by atoms with Gasteiger partial charge in [0.25, 0.3) is 0 Å². The van der Waals surface area contributed by atoms with Crippen LogP contribution in [0.3, 0.4) is 0 Å². The number of hydrogen-bond acceptors (Lipinski definition) is 2. The van der Waals surface area contributed by atoms with E-state index in [4.69, 9.17) is 0 Å². The lowest BCUT2D eigenvalue weighted by Crippen LogP contribution is -2.64. The summed E-state index contributed by atoms with van der Waals surface area (Å²) in [4.78, 5) is 13.4. The summed E-state index contributed by atoms with van der Waals surface area (Å²) in [6, 6.07) is 0. The quantitative estimate of drug-likeness (QED) is 0.687. The first-order valence-corrected chi connectivity index (χ1v) is 5.16. The number of hydrogen-bond donors (Lipinski definition) is 1. The van der Waals surface area contributed by atoms with Gasteiger partial charge in [0.05, 0.1) is 18.7 Å². The first kappa shape index (κ1) is 9.00. The van der Waals surface area contributed by atoms with Crippen molar-refractivity contribution in [2.45, 2.75) is 38.2 Å². The molecule has 0 atom stereocenters. The first-order valence-electron chi connectivity index (χ1n) is 5.16. The fourth-order valence-corrected chi connectivity index (χ4v) is 1.96. The van der Waals surface area contributed by atoms with Gasteiger partial charge < -0.3 is 10.0 Å². The Kier molecular flexibility index (Phi) is 2.06. The topological polar surface area (TPSA) is 40.5 Å². The predicted octanol–water partition coefficient (Wildman–Crippen LogP) is 0.770. The molecule has 2 fully saturated rings. The van der Waals surface area contributed by atoms with E-state index in [0.717, 1.165) is 19.3 Å². The Morgan fingerprint density at radius 3 is 2.54 bits per heavy atom. The lowest BCUT2D eigenvalue weighted by molar-refractivity contribution is -0.162. The number of likely N-dealkylation sites (tertiary alicyclic amines) is 1. The van der Waals surface area contributed by atoms with E-state index in [9.17, 15) is 9.90 Å². The number of carbonyl (C=O) groups is 1. The zero-order valence-electron chi connectivity index (χ0n) is 8.12. The first-order chi connectivity index (χ1) is 6.14. The molecule has 0 aromatic heterocycles. The van der Waals surface area contributed by atoms with E-state index in [-0.39, 0.29) is 11.8 Å². The standard InChI is InChI=1S/C10H17NO2/c1-2-10(13)6-11(7-10)9(12)8-4-3-5-8/h8,13H,2-7H2,1H3. The van der Waals surface area contributed by atoms with E-state index in [1.807, 2.05) is 6.92 Å². The molecular weight excluding hydrogens is 166 g/mol. The minimum atomic E-state index is -0.570. The molecule has 2 aliphatic rings. The number of nitrogens with zero attached hydrogens (tertiary/aromatic N) is 1. The van der Waals surface area contributed by atoms with Crippen LogP contribution < -0.4 is 0 Å². The molecule has 3 heteroatoms. The molecule has 0 radical (unpaired) electrons. The molecule has 1 N–H and O–H groups in total. The van der Waals surface area contributed by atoms with Gasteiger partial charge in [-0.15, -0.1) is 0 Å². The lowest BCUT2D eigenvalue weighted by atomic mass is 9.82. The van der Waals surface area contributed by atoms with E-state index < -0.39 is 5.60 Å². The van der Waals surface area contributed by atoms with Crippen LogP contribution in [0.15, 0.2) is 0 Å². The van der Waals surface area contributed by atoms with Crippen molar-refractivity contribution in [3.63, 3.8) is 0 Å². The van der Waals surface area contributed by atoms with E-state index in [0.29, 0.717) is 13.1 Å². The fourth-order valence-electron chi connectivity index (χ4n) is 1.96. The van der Waals surface area contributed by atoms with Crippen LogP contribution in [0.1, 0.15) is 32.6 Å². The van der Waals surface area contributed by atoms with Gasteiger partial charge in [-0.1, -0.05) is 13.3 Å². The third-order valence-corrected chi connectivity index (χ3v) is 3.39. The minimum absolute atomic E-state index is 0.268. The summed E-state index contributed by atoms with van der Waals surface area (Å²) in [5.41, 5.74) is -0.570. The number of aliphatic hydroxyl groups is 1. The van der Waals surface area contributed by atoms with Gasteiger partial charge in [0.15, 0.2) is 0 Å². The number of amides is 1. The summed E-state index contributed by atoms with van der Waals surface area (Å²) in [7, 11) is 0. The van der Waals surface area contributed by atoms with Gasteiger partial charge >= 0.3 is 0 Å².